The number of hydrogen-bond donors (Lipinski definition) is 2. The third-order valence-corrected chi connectivity index (χ3v) is 4.13. The molecule has 1 saturated carbocycles. The fraction of sp³-hybridized carbons (Fsp3) is 0.571. The van der Waals surface area contributed by atoms with Gasteiger partial charge >= 0.3 is 0 Å². The molecule has 0 spiro atoms. The Labute approximate surface area is 113 Å². The van der Waals surface area contributed by atoms with Crippen LogP contribution in [0.1, 0.15) is 36.0 Å². The van der Waals surface area contributed by atoms with Crippen LogP contribution in [0.25, 0.3) is 0 Å². The van der Waals surface area contributed by atoms with Gasteiger partial charge in [0.1, 0.15) is 5.56 Å². The summed E-state index contributed by atoms with van der Waals surface area (Å²) < 4.78 is 0. The normalized spacial score (nSPS) is 17.6. The first-order chi connectivity index (χ1) is 9.05. The molecule has 5 heteroatoms. The number of carbonyl (C=O) groups excluding carboxylic acids is 1. The van der Waals surface area contributed by atoms with Crippen molar-refractivity contribution in [2.45, 2.75) is 31.2 Å². The summed E-state index contributed by atoms with van der Waals surface area (Å²) in [6, 6.07) is 1.37. The van der Waals surface area contributed by atoms with Crippen molar-refractivity contribution >= 4 is 5.91 Å². The molecule has 1 aromatic rings. The molecule has 19 heavy (non-hydrogen) atoms. The van der Waals surface area contributed by atoms with E-state index >= 15 is 0 Å². The van der Waals surface area contributed by atoms with Crippen molar-refractivity contribution in [2.75, 3.05) is 20.6 Å². The zero-order valence-electron chi connectivity index (χ0n) is 11.5. The van der Waals surface area contributed by atoms with E-state index in [2.05, 4.69) is 15.2 Å². The molecule has 1 fully saturated rings. The Balaban J connectivity index is 2.04. The number of nitrogens with one attached hydrogen (secondary N) is 2. The minimum atomic E-state index is -0.296. The lowest BCUT2D eigenvalue weighted by Gasteiger charge is -2.36. The third kappa shape index (κ3) is 2.87. The smallest absolute Gasteiger partial charge is 0.256 e. The number of rotatable bonds is 4. The van der Waals surface area contributed by atoms with Gasteiger partial charge in [0, 0.05) is 30.5 Å². The Morgan fingerprint density at radius 2 is 2.11 bits per heavy atom. The van der Waals surface area contributed by atoms with E-state index < -0.39 is 0 Å². The maximum atomic E-state index is 12.0. The lowest BCUT2D eigenvalue weighted by molar-refractivity contribution is 0.0898. The molecule has 0 unspecified atom stereocenters. The average Bonchev–Trinajstić information content (AvgIpc) is 2.86. The second-order valence-corrected chi connectivity index (χ2v) is 5.43. The predicted octanol–water partition coefficient (Wildman–Crippen LogP) is 0.979. The number of hydrogen-bond acceptors (Lipinski definition) is 3. The van der Waals surface area contributed by atoms with Crippen LogP contribution >= 0.6 is 0 Å². The van der Waals surface area contributed by atoms with Crippen LogP contribution in [-0.4, -0.2) is 42.0 Å². The van der Waals surface area contributed by atoms with Crippen molar-refractivity contribution in [1.82, 2.24) is 15.2 Å². The number of aromatic amines is 1. The van der Waals surface area contributed by atoms with Gasteiger partial charge in [0.05, 0.1) is 0 Å². The summed E-state index contributed by atoms with van der Waals surface area (Å²) in [6.07, 6.45) is 7.54. The van der Waals surface area contributed by atoms with Crippen LogP contribution in [0.4, 0.5) is 0 Å². The second kappa shape index (κ2) is 5.57. The molecule has 2 N–H and O–H groups in total. The monoisotopic (exact) mass is 263 g/mol. The van der Waals surface area contributed by atoms with Crippen LogP contribution in [0.3, 0.4) is 0 Å². The molecule has 1 aliphatic carbocycles. The van der Waals surface area contributed by atoms with Gasteiger partial charge in [-0.1, -0.05) is 12.8 Å². The fourth-order valence-electron chi connectivity index (χ4n) is 2.75. The summed E-state index contributed by atoms with van der Waals surface area (Å²) in [5, 5.41) is 2.90. The summed E-state index contributed by atoms with van der Waals surface area (Å²) >= 11 is 0. The lowest BCUT2D eigenvalue weighted by atomic mass is 9.96. The first kappa shape index (κ1) is 13.8. The van der Waals surface area contributed by atoms with Gasteiger partial charge < -0.3 is 15.2 Å². The number of pyridine rings is 1. The van der Waals surface area contributed by atoms with E-state index in [4.69, 9.17) is 0 Å². The predicted molar refractivity (Wildman–Crippen MR) is 74.3 cm³/mol. The molecule has 1 heterocycles. The van der Waals surface area contributed by atoms with E-state index in [1.54, 1.807) is 0 Å². The quantitative estimate of drug-likeness (QED) is 0.851. The molecule has 0 bridgehead atoms. The molecule has 0 aromatic carbocycles. The van der Waals surface area contributed by atoms with Gasteiger partial charge in [-0.2, -0.15) is 0 Å². The molecular formula is C14H21N3O2. The van der Waals surface area contributed by atoms with Gasteiger partial charge in [-0.15, -0.1) is 0 Å². The molecule has 1 aliphatic rings. The zero-order valence-corrected chi connectivity index (χ0v) is 11.5. The highest BCUT2D eigenvalue weighted by atomic mass is 16.2. The largest absolute Gasteiger partial charge is 0.367 e. The van der Waals surface area contributed by atoms with Crippen LogP contribution in [0.2, 0.25) is 0 Å². The van der Waals surface area contributed by atoms with Crippen molar-refractivity contribution < 1.29 is 4.79 Å². The minimum Gasteiger partial charge on any atom is -0.367 e. The van der Waals surface area contributed by atoms with E-state index in [-0.39, 0.29) is 22.4 Å². The van der Waals surface area contributed by atoms with Crippen molar-refractivity contribution in [1.29, 1.82) is 0 Å². The number of amides is 1. The van der Waals surface area contributed by atoms with Crippen molar-refractivity contribution in [3.05, 3.63) is 34.2 Å². The standard InChI is InChI=1S/C14H21N3O2/c1-17(2)14(6-3-4-7-14)10-16-13(19)11-9-15-8-5-12(11)18/h5,8-9H,3-4,6-7,10H2,1-2H3,(H,15,18)(H,16,19). The fourth-order valence-corrected chi connectivity index (χ4v) is 2.75. The maximum Gasteiger partial charge on any atom is 0.256 e. The number of likely N-dealkylation sites (N-methyl/N-ethyl adjacent to an activating group) is 1. The van der Waals surface area contributed by atoms with Gasteiger partial charge in [0.2, 0.25) is 0 Å². The summed E-state index contributed by atoms with van der Waals surface area (Å²) in [5.74, 6) is -0.296. The van der Waals surface area contributed by atoms with Gasteiger partial charge in [0.15, 0.2) is 5.43 Å². The minimum absolute atomic E-state index is 0.0389. The molecule has 1 aromatic heterocycles. The maximum absolute atomic E-state index is 12.0. The van der Waals surface area contributed by atoms with Crippen LogP contribution in [0.5, 0.6) is 0 Å². The third-order valence-electron chi connectivity index (χ3n) is 4.13. The van der Waals surface area contributed by atoms with Gasteiger partial charge in [-0.05, 0) is 26.9 Å². The molecule has 104 valence electrons. The Morgan fingerprint density at radius 1 is 1.42 bits per heavy atom. The van der Waals surface area contributed by atoms with E-state index in [1.807, 2.05) is 14.1 Å². The molecule has 0 atom stereocenters. The Morgan fingerprint density at radius 3 is 2.68 bits per heavy atom. The Hall–Kier alpha value is -1.62. The van der Waals surface area contributed by atoms with Crippen LogP contribution < -0.4 is 10.7 Å². The van der Waals surface area contributed by atoms with Crippen LogP contribution in [-0.2, 0) is 0 Å². The molecule has 5 nitrogen and oxygen atoms in total. The molecule has 0 saturated heterocycles. The molecule has 0 aliphatic heterocycles. The summed E-state index contributed by atoms with van der Waals surface area (Å²) in [5.41, 5.74) is -0.0343. The van der Waals surface area contributed by atoms with E-state index in [9.17, 15) is 9.59 Å². The van der Waals surface area contributed by atoms with Gasteiger partial charge in [-0.25, -0.2) is 0 Å². The summed E-state index contributed by atoms with van der Waals surface area (Å²) in [4.78, 5) is 28.6. The van der Waals surface area contributed by atoms with E-state index in [0.717, 1.165) is 12.8 Å². The summed E-state index contributed by atoms with van der Waals surface area (Å²) in [7, 11) is 4.10. The highest BCUT2D eigenvalue weighted by Gasteiger charge is 2.36. The molecular weight excluding hydrogens is 242 g/mol. The van der Waals surface area contributed by atoms with Gasteiger partial charge in [-0.3, -0.25) is 9.59 Å². The first-order valence-corrected chi connectivity index (χ1v) is 6.68. The van der Waals surface area contributed by atoms with Crippen molar-refractivity contribution in [2.24, 2.45) is 0 Å². The molecule has 2 rings (SSSR count). The molecule has 1 amide bonds. The SMILES string of the molecule is CN(C)C1(CNC(=O)c2c[nH]ccc2=O)CCCC1. The molecule has 0 radical (unpaired) electrons. The van der Waals surface area contributed by atoms with Crippen molar-refractivity contribution in [3.63, 3.8) is 0 Å². The van der Waals surface area contributed by atoms with Crippen molar-refractivity contribution in [3.8, 4) is 0 Å². The van der Waals surface area contributed by atoms with E-state index in [1.165, 1.54) is 31.3 Å². The highest BCUT2D eigenvalue weighted by molar-refractivity contribution is 5.93. The lowest BCUT2D eigenvalue weighted by Crippen LogP contribution is -2.51. The van der Waals surface area contributed by atoms with Gasteiger partial charge in [0.25, 0.3) is 5.91 Å². The Bertz CT molecular complexity index is 501. The average molecular weight is 263 g/mol. The van der Waals surface area contributed by atoms with E-state index in [0.29, 0.717) is 6.54 Å². The number of nitrogens with zero attached hydrogens (tertiary/aromatic N) is 1. The first-order valence-electron chi connectivity index (χ1n) is 6.68. The number of carbonyl (C=O) groups is 1. The van der Waals surface area contributed by atoms with Crippen LogP contribution in [0.15, 0.2) is 23.3 Å². The number of H-pyrrole nitrogens is 1. The Kier molecular flexibility index (Phi) is 4.04. The van der Waals surface area contributed by atoms with Crippen LogP contribution in [0, 0.1) is 0 Å². The topological polar surface area (TPSA) is 65.2 Å². The number of aromatic nitrogens is 1. The zero-order chi connectivity index (χ0) is 13.9. The second-order valence-electron chi connectivity index (χ2n) is 5.43. The summed E-state index contributed by atoms with van der Waals surface area (Å²) in [6.45, 7) is 0.590. The highest BCUT2D eigenvalue weighted by Crippen LogP contribution is 2.33.